The molecule has 3 rings (SSSR count). The van der Waals surface area contributed by atoms with Crippen LogP contribution in [0, 0.1) is 11.3 Å². The lowest BCUT2D eigenvalue weighted by atomic mass is 10.2. The second-order valence-corrected chi connectivity index (χ2v) is 6.64. The molecule has 0 bridgehead atoms. The third kappa shape index (κ3) is 5.06. The van der Waals surface area contributed by atoms with Crippen LogP contribution in [0.2, 0.25) is 5.02 Å². The van der Waals surface area contributed by atoms with Gasteiger partial charge in [-0.05, 0) is 48.5 Å². The maximum absolute atomic E-state index is 12.0. The van der Waals surface area contributed by atoms with Gasteiger partial charge in [-0.3, -0.25) is 4.79 Å². The number of hydrogen-bond acceptors (Lipinski definition) is 6. The van der Waals surface area contributed by atoms with Crippen LogP contribution in [-0.2, 0) is 17.8 Å². The summed E-state index contributed by atoms with van der Waals surface area (Å²) in [6, 6.07) is 15.4. The van der Waals surface area contributed by atoms with E-state index >= 15 is 0 Å². The number of halogens is 1. The van der Waals surface area contributed by atoms with E-state index in [1.54, 1.807) is 53.9 Å². The Hall–Kier alpha value is -2.88. The number of nitrogens with zero attached hydrogens (tertiary/aromatic N) is 2. The molecule has 1 heterocycles. The van der Waals surface area contributed by atoms with E-state index in [1.807, 2.05) is 6.07 Å². The number of aromatic nitrogens is 1. The first-order valence-corrected chi connectivity index (χ1v) is 8.90. The highest BCUT2D eigenvalue weighted by Crippen LogP contribution is 2.19. The Labute approximate surface area is 159 Å². The largest absolute Gasteiger partial charge is 0.486 e. The molecule has 26 heavy (non-hydrogen) atoms. The minimum absolute atomic E-state index is 0.0669. The van der Waals surface area contributed by atoms with Gasteiger partial charge in [0.2, 0.25) is 0 Å². The van der Waals surface area contributed by atoms with Crippen LogP contribution in [0.25, 0.3) is 0 Å². The molecule has 0 fully saturated rings. The van der Waals surface area contributed by atoms with Crippen molar-refractivity contribution in [3.63, 3.8) is 0 Å². The van der Waals surface area contributed by atoms with E-state index in [0.29, 0.717) is 34.4 Å². The number of benzene rings is 2. The number of thiazole rings is 1. The fourth-order valence-electron chi connectivity index (χ4n) is 2.09. The molecule has 0 unspecified atom stereocenters. The van der Waals surface area contributed by atoms with E-state index < -0.39 is 5.97 Å². The summed E-state index contributed by atoms with van der Waals surface area (Å²) in [7, 11) is 0. The monoisotopic (exact) mass is 384 g/mol. The molecule has 130 valence electrons. The molecule has 0 amide bonds. The Morgan fingerprint density at radius 1 is 1.12 bits per heavy atom. The Morgan fingerprint density at radius 3 is 2.50 bits per heavy atom. The third-order valence-corrected chi connectivity index (χ3v) is 4.44. The summed E-state index contributed by atoms with van der Waals surface area (Å²) in [6.07, 6.45) is 0.0669. The van der Waals surface area contributed by atoms with Gasteiger partial charge in [-0.15, -0.1) is 11.3 Å². The molecule has 5 nitrogen and oxygen atoms in total. The molecule has 0 atom stereocenters. The van der Waals surface area contributed by atoms with Crippen LogP contribution in [0.5, 0.6) is 11.5 Å². The summed E-state index contributed by atoms with van der Waals surface area (Å²) in [5, 5.41) is 12.0. The van der Waals surface area contributed by atoms with E-state index in [9.17, 15) is 4.79 Å². The summed E-state index contributed by atoms with van der Waals surface area (Å²) in [5.74, 6) is 0.687. The van der Waals surface area contributed by atoms with Gasteiger partial charge in [-0.25, -0.2) is 4.98 Å². The van der Waals surface area contributed by atoms with Crippen molar-refractivity contribution in [2.45, 2.75) is 13.0 Å². The average Bonchev–Trinajstić information content (AvgIpc) is 3.09. The van der Waals surface area contributed by atoms with Crippen LogP contribution in [0.1, 0.15) is 16.3 Å². The lowest BCUT2D eigenvalue weighted by Gasteiger charge is -2.04. The van der Waals surface area contributed by atoms with Crippen molar-refractivity contribution < 1.29 is 14.3 Å². The van der Waals surface area contributed by atoms with Crippen molar-refractivity contribution in [1.82, 2.24) is 4.98 Å². The topological polar surface area (TPSA) is 72.2 Å². The zero-order chi connectivity index (χ0) is 18.4. The second kappa shape index (κ2) is 8.48. The highest BCUT2D eigenvalue weighted by molar-refractivity contribution is 7.09. The van der Waals surface area contributed by atoms with Crippen LogP contribution in [-0.4, -0.2) is 11.0 Å². The van der Waals surface area contributed by atoms with Gasteiger partial charge < -0.3 is 9.47 Å². The van der Waals surface area contributed by atoms with Crippen molar-refractivity contribution in [2.75, 3.05) is 0 Å². The molecular weight excluding hydrogens is 372 g/mol. The van der Waals surface area contributed by atoms with Gasteiger partial charge in [0.15, 0.2) is 0 Å². The fraction of sp³-hybridized carbons (Fsp3) is 0.105. The van der Waals surface area contributed by atoms with Gasteiger partial charge in [-0.1, -0.05) is 11.6 Å². The van der Waals surface area contributed by atoms with Crippen LogP contribution in [0.4, 0.5) is 0 Å². The van der Waals surface area contributed by atoms with Gasteiger partial charge in [0, 0.05) is 10.4 Å². The quantitative estimate of drug-likeness (QED) is 0.465. The van der Waals surface area contributed by atoms with E-state index in [0.717, 1.165) is 5.01 Å². The first-order chi connectivity index (χ1) is 12.6. The van der Waals surface area contributed by atoms with E-state index in [1.165, 1.54) is 11.3 Å². The number of carbonyl (C=O) groups excluding carboxylic acids is 1. The van der Waals surface area contributed by atoms with Crippen molar-refractivity contribution in [1.29, 1.82) is 5.26 Å². The highest BCUT2D eigenvalue weighted by atomic mass is 35.5. The molecular formula is C19H13ClN2O3S. The first kappa shape index (κ1) is 17.9. The van der Waals surface area contributed by atoms with Crippen LogP contribution in [0.15, 0.2) is 53.9 Å². The standard InChI is InChI=1S/C19H13ClN2O3S/c20-14-3-7-16(8-4-14)24-11-18-22-15(12-26-18)9-19(23)25-17-5-1-13(10-21)2-6-17/h1-8,12H,9,11H2. The second-order valence-electron chi connectivity index (χ2n) is 5.26. The van der Waals surface area contributed by atoms with Gasteiger partial charge in [-0.2, -0.15) is 5.26 Å². The maximum Gasteiger partial charge on any atom is 0.317 e. The zero-order valence-electron chi connectivity index (χ0n) is 13.5. The van der Waals surface area contributed by atoms with E-state index in [2.05, 4.69) is 4.98 Å². The number of rotatable bonds is 6. The lowest BCUT2D eigenvalue weighted by Crippen LogP contribution is -2.11. The van der Waals surface area contributed by atoms with Crippen molar-refractivity contribution in [2.24, 2.45) is 0 Å². The number of hydrogen-bond donors (Lipinski definition) is 0. The first-order valence-electron chi connectivity index (χ1n) is 7.65. The summed E-state index contributed by atoms with van der Waals surface area (Å²) in [6.45, 7) is 0.316. The minimum Gasteiger partial charge on any atom is -0.486 e. The summed E-state index contributed by atoms with van der Waals surface area (Å²) in [4.78, 5) is 16.4. The fourth-order valence-corrected chi connectivity index (χ4v) is 2.92. The van der Waals surface area contributed by atoms with Gasteiger partial charge in [0.05, 0.1) is 23.7 Å². The van der Waals surface area contributed by atoms with Gasteiger partial charge in [0.25, 0.3) is 0 Å². The molecule has 2 aromatic carbocycles. The van der Waals surface area contributed by atoms with Crippen molar-refractivity contribution in [3.8, 4) is 17.6 Å². The maximum atomic E-state index is 12.0. The number of carbonyl (C=O) groups is 1. The van der Waals surface area contributed by atoms with Crippen molar-refractivity contribution in [3.05, 3.63) is 75.2 Å². The summed E-state index contributed by atoms with van der Waals surface area (Å²) >= 11 is 7.25. The molecule has 1 aromatic heterocycles. The predicted octanol–water partition coefficient (Wildman–Crippen LogP) is 4.40. The molecule has 0 radical (unpaired) electrons. The van der Waals surface area contributed by atoms with E-state index in [4.69, 9.17) is 26.3 Å². The molecule has 0 N–H and O–H groups in total. The lowest BCUT2D eigenvalue weighted by molar-refractivity contribution is -0.133. The zero-order valence-corrected chi connectivity index (χ0v) is 15.1. The molecule has 0 spiro atoms. The number of nitriles is 1. The smallest absolute Gasteiger partial charge is 0.317 e. The normalized spacial score (nSPS) is 10.2. The van der Waals surface area contributed by atoms with Crippen LogP contribution < -0.4 is 9.47 Å². The van der Waals surface area contributed by atoms with Crippen LogP contribution >= 0.6 is 22.9 Å². The van der Waals surface area contributed by atoms with E-state index in [-0.39, 0.29) is 6.42 Å². The molecule has 7 heteroatoms. The Balaban J connectivity index is 1.51. The molecule has 0 aliphatic rings. The average molecular weight is 385 g/mol. The summed E-state index contributed by atoms with van der Waals surface area (Å²) < 4.78 is 10.9. The Bertz CT molecular complexity index is 931. The van der Waals surface area contributed by atoms with Crippen molar-refractivity contribution >= 4 is 28.9 Å². The van der Waals surface area contributed by atoms with Gasteiger partial charge >= 0.3 is 5.97 Å². The van der Waals surface area contributed by atoms with Gasteiger partial charge in [0.1, 0.15) is 23.1 Å². The molecule has 0 saturated heterocycles. The molecule has 3 aromatic rings. The molecule has 0 aliphatic heterocycles. The predicted molar refractivity (Wildman–Crippen MR) is 98.4 cm³/mol. The Kier molecular flexibility index (Phi) is 5.84. The summed E-state index contributed by atoms with van der Waals surface area (Å²) in [5.41, 5.74) is 1.14. The minimum atomic E-state index is -0.412. The molecule has 0 aliphatic carbocycles. The highest BCUT2D eigenvalue weighted by Gasteiger charge is 2.10. The SMILES string of the molecule is N#Cc1ccc(OC(=O)Cc2csc(COc3ccc(Cl)cc3)n2)cc1. The number of ether oxygens (including phenoxy) is 2. The molecule has 0 saturated carbocycles. The number of esters is 1. The Morgan fingerprint density at radius 2 is 1.81 bits per heavy atom. The third-order valence-electron chi connectivity index (χ3n) is 3.32. The van der Waals surface area contributed by atoms with Crippen LogP contribution in [0.3, 0.4) is 0 Å².